The molecule has 1 atom stereocenters. The van der Waals surface area contributed by atoms with Gasteiger partial charge in [-0.1, -0.05) is 22.0 Å². The average molecular weight is 290 g/mol. The monoisotopic (exact) mass is 289 g/mol. The van der Waals surface area contributed by atoms with E-state index in [1.807, 2.05) is 0 Å². The van der Waals surface area contributed by atoms with E-state index in [-0.39, 0.29) is 18.4 Å². The largest absolute Gasteiger partial charge is 0.480 e. The van der Waals surface area contributed by atoms with E-state index < -0.39 is 17.8 Å². The van der Waals surface area contributed by atoms with Crippen LogP contribution in [0.3, 0.4) is 0 Å². The molecule has 1 aromatic carbocycles. The second kappa shape index (κ2) is 5.60. The Morgan fingerprint density at radius 3 is 2.81 bits per heavy atom. The molecule has 1 unspecified atom stereocenters. The third kappa shape index (κ3) is 3.30. The number of carboxylic acids is 1. The molecule has 0 bridgehead atoms. The quantitative estimate of drug-likeness (QED) is 0.804. The van der Waals surface area contributed by atoms with Gasteiger partial charge in [0.15, 0.2) is 0 Å². The first kappa shape index (κ1) is 12.6. The molecule has 0 aliphatic rings. The van der Waals surface area contributed by atoms with E-state index in [0.717, 1.165) is 0 Å². The van der Waals surface area contributed by atoms with Gasteiger partial charge in [-0.25, -0.2) is 9.18 Å². The summed E-state index contributed by atoms with van der Waals surface area (Å²) in [4.78, 5) is 20.9. The number of amides is 1. The molecule has 1 amide bonds. The molecular weight excluding hydrogens is 281 g/mol. The van der Waals surface area contributed by atoms with Crippen LogP contribution < -0.4 is 5.32 Å². The van der Waals surface area contributed by atoms with Crippen molar-refractivity contribution in [3.63, 3.8) is 0 Å². The van der Waals surface area contributed by atoms with Gasteiger partial charge in [-0.05, 0) is 17.7 Å². The van der Waals surface area contributed by atoms with Crippen LogP contribution in [0, 0.1) is 5.82 Å². The van der Waals surface area contributed by atoms with Gasteiger partial charge in [-0.3, -0.25) is 4.79 Å². The summed E-state index contributed by atoms with van der Waals surface area (Å²) in [5.41, 5.74) is 0.241. The molecule has 4 nitrogen and oxygen atoms in total. The summed E-state index contributed by atoms with van der Waals surface area (Å²) in [6.45, 7) is 0. The van der Waals surface area contributed by atoms with Crippen molar-refractivity contribution in [2.75, 3.05) is 0 Å². The number of nitrogens with one attached hydrogen (secondary N) is 1. The molecular formula is C10H9BrFNO3. The van der Waals surface area contributed by atoms with Gasteiger partial charge in [0.05, 0.1) is 0 Å². The highest BCUT2D eigenvalue weighted by molar-refractivity contribution is 9.10. The number of carbonyl (C=O) groups is 2. The Bertz CT molecular complexity index is 411. The van der Waals surface area contributed by atoms with E-state index >= 15 is 0 Å². The van der Waals surface area contributed by atoms with Crippen LogP contribution in [0.15, 0.2) is 22.7 Å². The number of rotatable bonds is 5. The molecule has 1 aromatic rings. The van der Waals surface area contributed by atoms with E-state index in [4.69, 9.17) is 5.11 Å². The maximum absolute atomic E-state index is 13.4. The topological polar surface area (TPSA) is 66.4 Å². The Morgan fingerprint density at radius 2 is 2.31 bits per heavy atom. The summed E-state index contributed by atoms with van der Waals surface area (Å²) in [6.07, 6.45) is 0.197. The van der Waals surface area contributed by atoms with E-state index in [9.17, 15) is 14.0 Å². The standard InChI is InChI=1S/C10H9BrFNO3/c11-7-2-1-6(8(12)4-7)3-9(10(15)16)13-5-14/h1-2,4-5,9H,3H2,(H,13,14)(H,15,16). The van der Waals surface area contributed by atoms with Crippen molar-refractivity contribution in [2.45, 2.75) is 12.5 Å². The fourth-order valence-corrected chi connectivity index (χ4v) is 1.54. The van der Waals surface area contributed by atoms with Gasteiger partial charge in [0, 0.05) is 10.9 Å². The molecule has 16 heavy (non-hydrogen) atoms. The van der Waals surface area contributed by atoms with Gasteiger partial charge in [0.25, 0.3) is 0 Å². The van der Waals surface area contributed by atoms with Crippen LogP contribution in [-0.4, -0.2) is 23.5 Å². The molecule has 0 aliphatic heterocycles. The van der Waals surface area contributed by atoms with Gasteiger partial charge in [0.2, 0.25) is 6.41 Å². The zero-order valence-corrected chi connectivity index (χ0v) is 9.70. The van der Waals surface area contributed by atoms with E-state index in [0.29, 0.717) is 4.47 Å². The summed E-state index contributed by atoms with van der Waals surface area (Å²) in [7, 11) is 0. The van der Waals surface area contributed by atoms with Crippen LogP contribution >= 0.6 is 15.9 Å². The predicted molar refractivity (Wildman–Crippen MR) is 58.4 cm³/mol. The molecule has 0 saturated heterocycles. The van der Waals surface area contributed by atoms with E-state index in [1.165, 1.54) is 12.1 Å². The lowest BCUT2D eigenvalue weighted by Gasteiger charge is -2.11. The number of aliphatic carboxylic acids is 1. The number of halogens is 2. The van der Waals surface area contributed by atoms with Gasteiger partial charge < -0.3 is 10.4 Å². The van der Waals surface area contributed by atoms with Crippen LogP contribution in [-0.2, 0) is 16.0 Å². The first-order chi connectivity index (χ1) is 7.54. The maximum Gasteiger partial charge on any atom is 0.326 e. The number of carbonyl (C=O) groups excluding carboxylic acids is 1. The molecule has 0 spiro atoms. The minimum absolute atomic E-state index is 0.0901. The third-order valence-corrected chi connectivity index (χ3v) is 2.50. The molecule has 0 radical (unpaired) electrons. The Hall–Kier alpha value is -1.43. The van der Waals surface area contributed by atoms with Crippen LogP contribution in [0.2, 0.25) is 0 Å². The third-order valence-electron chi connectivity index (χ3n) is 2.01. The van der Waals surface area contributed by atoms with Crippen LogP contribution in [0.1, 0.15) is 5.56 Å². The number of carboxylic acid groups (broad SMARTS) is 1. The lowest BCUT2D eigenvalue weighted by atomic mass is 10.1. The average Bonchev–Trinajstić information content (AvgIpc) is 2.20. The van der Waals surface area contributed by atoms with E-state index in [1.54, 1.807) is 6.07 Å². The lowest BCUT2D eigenvalue weighted by Crippen LogP contribution is -2.37. The highest BCUT2D eigenvalue weighted by Crippen LogP contribution is 2.16. The number of hydrogen-bond donors (Lipinski definition) is 2. The summed E-state index contributed by atoms with van der Waals surface area (Å²) in [5.74, 6) is -1.71. The van der Waals surface area contributed by atoms with Crippen molar-refractivity contribution in [3.8, 4) is 0 Å². The smallest absolute Gasteiger partial charge is 0.326 e. The summed E-state index contributed by atoms with van der Waals surface area (Å²) in [5, 5.41) is 10.9. The van der Waals surface area contributed by atoms with Crippen LogP contribution in [0.25, 0.3) is 0 Å². The van der Waals surface area contributed by atoms with Crippen molar-refractivity contribution >= 4 is 28.3 Å². The number of benzene rings is 1. The number of hydrogen-bond acceptors (Lipinski definition) is 2. The fraction of sp³-hybridized carbons (Fsp3) is 0.200. The normalized spacial score (nSPS) is 11.9. The molecule has 6 heteroatoms. The van der Waals surface area contributed by atoms with Crippen molar-refractivity contribution < 1.29 is 19.1 Å². The molecule has 1 rings (SSSR count). The first-order valence-corrected chi connectivity index (χ1v) is 5.20. The zero-order valence-electron chi connectivity index (χ0n) is 8.11. The van der Waals surface area contributed by atoms with Gasteiger partial charge >= 0.3 is 5.97 Å². The molecule has 0 aliphatic carbocycles. The van der Waals surface area contributed by atoms with Gasteiger partial charge in [0.1, 0.15) is 11.9 Å². The highest BCUT2D eigenvalue weighted by Gasteiger charge is 2.18. The molecule has 0 fully saturated rings. The van der Waals surface area contributed by atoms with Crippen LogP contribution in [0.5, 0.6) is 0 Å². The summed E-state index contributed by atoms with van der Waals surface area (Å²) < 4.78 is 13.9. The van der Waals surface area contributed by atoms with Crippen molar-refractivity contribution in [1.29, 1.82) is 0 Å². The Kier molecular flexibility index (Phi) is 4.42. The lowest BCUT2D eigenvalue weighted by molar-refractivity contribution is -0.140. The zero-order chi connectivity index (χ0) is 12.1. The first-order valence-electron chi connectivity index (χ1n) is 4.41. The Balaban J connectivity index is 2.84. The Morgan fingerprint density at radius 1 is 1.62 bits per heavy atom. The molecule has 0 heterocycles. The molecule has 86 valence electrons. The minimum Gasteiger partial charge on any atom is -0.480 e. The molecule has 2 N–H and O–H groups in total. The van der Waals surface area contributed by atoms with Gasteiger partial charge in [-0.15, -0.1) is 0 Å². The van der Waals surface area contributed by atoms with Gasteiger partial charge in [-0.2, -0.15) is 0 Å². The fourth-order valence-electron chi connectivity index (χ4n) is 1.21. The summed E-state index contributed by atoms with van der Waals surface area (Å²) >= 11 is 3.09. The SMILES string of the molecule is O=CNC(Cc1ccc(Br)cc1F)C(=O)O. The molecule has 0 saturated carbocycles. The maximum atomic E-state index is 13.4. The van der Waals surface area contributed by atoms with Crippen molar-refractivity contribution in [1.82, 2.24) is 5.32 Å². The van der Waals surface area contributed by atoms with E-state index in [2.05, 4.69) is 21.2 Å². The summed E-state index contributed by atoms with van der Waals surface area (Å²) in [6, 6.07) is 3.21. The predicted octanol–water partition coefficient (Wildman–Crippen LogP) is 1.33. The minimum atomic E-state index is -1.20. The van der Waals surface area contributed by atoms with Crippen molar-refractivity contribution in [3.05, 3.63) is 34.1 Å². The highest BCUT2D eigenvalue weighted by atomic mass is 79.9. The second-order valence-corrected chi connectivity index (χ2v) is 4.03. The van der Waals surface area contributed by atoms with Crippen molar-refractivity contribution in [2.24, 2.45) is 0 Å². The molecule has 0 aromatic heterocycles. The van der Waals surface area contributed by atoms with Crippen LogP contribution in [0.4, 0.5) is 4.39 Å². The Labute approximate surface area is 99.6 Å². The second-order valence-electron chi connectivity index (χ2n) is 3.12.